The molecule has 120 valence electrons. The van der Waals surface area contributed by atoms with Gasteiger partial charge >= 0.3 is 0 Å². The highest BCUT2D eigenvalue weighted by molar-refractivity contribution is 7.81. The van der Waals surface area contributed by atoms with Crippen LogP contribution in [-0.4, -0.2) is 4.99 Å². The number of hydrogen-bond acceptors (Lipinski definition) is 3. The monoisotopic (exact) mass is 356 g/mol. The highest BCUT2D eigenvalue weighted by atomic mass is 32.1. The molecule has 0 aliphatic rings. The molecule has 0 saturated heterocycles. The van der Waals surface area contributed by atoms with Gasteiger partial charge in [-0.05, 0) is 29.3 Å². The van der Waals surface area contributed by atoms with E-state index in [1.54, 1.807) is 59.4 Å². The van der Waals surface area contributed by atoms with Crippen molar-refractivity contribution >= 4 is 45.7 Å². The van der Waals surface area contributed by atoms with Crippen LogP contribution in [0.1, 0.15) is 4.88 Å². The lowest BCUT2D eigenvalue weighted by Crippen LogP contribution is -2.39. The maximum Gasteiger partial charge on any atom is 0.239 e. The molecule has 0 amide bonds. The number of aromatic nitrogens is 1. The Labute approximate surface area is 148 Å². The van der Waals surface area contributed by atoms with Gasteiger partial charge in [0.15, 0.2) is 17.4 Å². The summed E-state index contributed by atoms with van der Waals surface area (Å²) in [6, 6.07) is 15.2. The van der Waals surface area contributed by atoms with Crippen molar-refractivity contribution in [3.8, 4) is 0 Å². The van der Waals surface area contributed by atoms with Gasteiger partial charge in [0.2, 0.25) is 5.70 Å². The van der Waals surface area contributed by atoms with Gasteiger partial charge in [0.1, 0.15) is 5.82 Å². The average Bonchev–Trinajstić information content (AvgIpc) is 3.13. The van der Waals surface area contributed by atoms with E-state index in [2.05, 4.69) is 5.32 Å². The lowest BCUT2D eigenvalue weighted by molar-refractivity contribution is -0.577. The third kappa shape index (κ3) is 3.50. The number of nitrogens with one attached hydrogen (secondary N) is 1. The first kappa shape index (κ1) is 16.3. The average molecular weight is 356 g/mol. The summed E-state index contributed by atoms with van der Waals surface area (Å²) >= 11 is 6.73. The van der Waals surface area contributed by atoms with Gasteiger partial charge in [0.05, 0.1) is 5.69 Å². The van der Waals surface area contributed by atoms with Gasteiger partial charge in [-0.2, -0.15) is 4.57 Å². The molecule has 0 saturated carbocycles. The summed E-state index contributed by atoms with van der Waals surface area (Å²) in [6.07, 6.45) is 3.46. The van der Waals surface area contributed by atoms with E-state index in [0.717, 1.165) is 0 Å². The second-order valence-electron chi connectivity index (χ2n) is 4.87. The summed E-state index contributed by atoms with van der Waals surface area (Å²) in [4.78, 5) is 0.730. The summed E-state index contributed by atoms with van der Waals surface area (Å²) in [5.74, 6) is -0.643. The zero-order chi connectivity index (χ0) is 16.9. The number of benzene rings is 1. The maximum absolute atomic E-state index is 13.9. The summed E-state index contributed by atoms with van der Waals surface area (Å²) < 4.78 is 15.5. The standard InChI is InChI=1S/C18H13FN2OS2/c19-13-7-2-3-8-14(13)20-18(23)16(21-10-4-1-5-11-21)17(22)15-9-6-12-24-15/h1-12H,(H-,20,22,23). The highest BCUT2D eigenvalue weighted by Crippen LogP contribution is 2.21. The normalized spacial score (nSPS) is 11.7. The van der Waals surface area contributed by atoms with E-state index < -0.39 is 5.82 Å². The lowest BCUT2D eigenvalue weighted by Gasteiger charge is -2.15. The van der Waals surface area contributed by atoms with Crippen molar-refractivity contribution in [2.45, 2.75) is 0 Å². The van der Waals surface area contributed by atoms with E-state index in [-0.39, 0.29) is 22.1 Å². The van der Waals surface area contributed by atoms with Gasteiger partial charge in [0, 0.05) is 17.0 Å². The summed E-state index contributed by atoms with van der Waals surface area (Å²) in [6.45, 7) is 0. The molecule has 0 radical (unpaired) electrons. The molecule has 6 heteroatoms. The number of anilines is 1. The van der Waals surface area contributed by atoms with E-state index in [1.807, 2.05) is 11.4 Å². The van der Waals surface area contributed by atoms with Crippen LogP contribution < -0.4 is 15.0 Å². The number of rotatable bonds is 4. The van der Waals surface area contributed by atoms with Gasteiger partial charge < -0.3 is 10.4 Å². The maximum atomic E-state index is 13.9. The van der Waals surface area contributed by atoms with Crippen molar-refractivity contribution in [1.82, 2.24) is 0 Å². The molecule has 0 aliphatic heterocycles. The Morgan fingerprint density at radius 2 is 1.79 bits per heavy atom. The Morgan fingerprint density at radius 3 is 2.46 bits per heavy atom. The van der Waals surface area contributed by atoms with Crippen LogP contribution in [-0.2, 0) is 0 Å². The SMILES string of the molecule is [O-]C(=C(C(=S)Nc1ccccc1F)[n+]1ccccc1)c1cccs1. The van der Waals surface area contributed by atoms with Crippen molar-refractivity contribution in [2.75, 3.05) is 5.32 Å². The van der Waals surface area contributed by atoms with Crippen molar-refractivity contribution in [1.29, 1.82) is 0 Å². The first-order chi connectivity index (χ1) is 11.7. The minimum absolute atomic E-state index is 0.162. The fourth-order valence-electron chi connectivity index (χ4n) is 2.15. The van der Waals surface area contributed by atoms with Crippen LogP contribution in [0.15, 0.2) is 72.4 Å². The lowest BCUT2D eigenvalue weighted by atomic mass is 10.2. The Kier molecular flexibility index (Phi) is 4.98. The van der Waals surface area contributed by atoms with Crippen LogP contribution in [0.2, 0.25) is 0 Å². The van der Waals surface area contributed by atoms with Crippen LogP contribution >= 0.6 is 23.6 Å². The molecule has 3 aromatic rings. The molecule has 0 spiro atoms. The largest absolute Gasteiger partial charge is 0.867 e. The fraction of sp³-hybridized carbons (Fsp3) is 0. The first-order valence-electron chi connectivity index (χ1n) is 7.14. The number of hydrogen-bond donors (Lipinski definition) is 1. The number of para-hydroxylation sites is 1. The number of thiocarbonyl (C=S) groups is 1. The van der Waals surface area contributed by atoms with Crippen LogP contribution in [0.3, 0.4) is 0 Å². The smallest absolute Gasteiger partial charge is 0.239 e. The van der Waals surface area contributed by atoms with Gasteiger partial charge in [0.25, 0.3) is 0 Å². The third-order valence-corrected chi connectivity index (χ3v) is 4.43. The molecule has 0 atom stereocenters. The fourth-order valence-corrected chi connectivity index (χ4v) is 3.13. The molecular weight excluding hydrogens is 343 g/mol. The number of pyridine rings is 1. The molecule has 0 fully saturated rings. The van der Waals surface area contributed by atoms with Crippen LogP contribution in [0.4, 0.5) is 10.1 Å². The Bertz CT molecular complexity index is 877. The minimum Gasteiger partial charge on any atom is -0.867 e. The van der Waals surface area contributed by atoms with Crippen LogP contribution in [0.25, 0.3) is 11.5 Å². The van der Waals surface area contributed by atoms with Crippen molar-refractivity contribution in [3.05, 3.63) is 83.1 Å². The number of thiophene rings is 1. The van der Waals surface area contributed by atoms with E-state index in [0.29, 0.717) is 4.88 Å². The second-order valence-corrected chi connectivity index (χ2v) is 6.23. The molecule has 0 aliphatic carbocycles. The summed E-state index contributed by atoms with van der Waals surface area (Å²) in [5.41, 5.74) is 0.506. The zero-order valence-electron chi connectivity index (χ0n) is 12.5. The van der Waals surface area contributed by atoms with Gasteiger partial charge in [-0.25, -0.2) is 4.39 Å². The summed E-state index contributed by atoms with van der Waals surface area (Å²) in [5, 5.41) is 17.5. The van der Waals surface area contributed by atoms with Crippen LogP contribution in [0.5, 0.6) is 0 Å². The second kappa shape index (κ2) is 7.33. The molecule has 1 N–H and O–H groups in total. The topological polar surface area (TPSA) is 39.0 Å². The van der Waals surface area contributed by atoms with Crippen molar-refractivity contribution in [3.63, 3.8) is 0 Å². The van der Waals surface area contributed by atoms with E-state index >= 15 is 0 Å². The van der Waals surface area contributed by atoms with Gasteiger partial charge in [-0.1, -0.05) is 36.5 Å². The molecule has 24 heavy (non-hydrogen) atoms. The van der Waals surface area contributed by atoms with Crippen LogP contribution in [0, 0.1) is 5.82 Å². The highest BCUT2D eigenvalue weighted by Gasteiger charge is 2.19. The third-order valence-electron chi connectivity index (χ3n) is 3.27. The minimum atomic E-state index is -0.430. The molecule has 3 rings (SSSR count). The van der Waals surface area contributed by atoms with Gasteiger partial charge in [-0.15, -0.1) is 11.3 Å². The molecule has 2 heterocycles. The molecular formula is C18H13FN2OS2. The predicted octanol–water partition coefficient (Wildman–Crippen LogP) is 3.30. The van der Waals surface area contributed by atoms with E-state index in [4.69, 9.17) is 12.2 Å². The van der Waals surface area contributed by atoms with E-state index in [9.17, 15) is 9.50 Å². The molecule has 0 bridgehead atoms. The Balaban J connectivity index is 2.04. The van der Waals surface area contributed by atoms with Crippen molar-refractivity contribution < 1.29 is 14.1 Å². The van der Waals surface area contributed by atoms with Gasteiger partial charge in [-0.3, -0.25) is 0 Å². The predicted molar refractivity (Wildman–Crippen MR) is 96.7 cm³/mol. The quantitative estimate of drug-likeness (QED) is 0.337. The summed E-state index contributed by atoms with van der Waals surface area (Å²) in [7, 11) is 0. The Hall–Kier alpha value is -2.57. The molecule has 0 unspecified atom stereocenters. The van der Waals surface area contributed by atoms with Crippen molar-refractivity contribution in [2.24, 2.45) is 0 Å². The number of nitrogens with zero attached hydrogens (tertiary/aromatic N) is 1. The first-order valence-corrected chi connectivity index (χ1v) is 8.43. The Morgan fingerprint density at radius 1 is 1.04 bits per heavy atom. The molecule has 1 aromatic carbocycles. The van der Waals surface area contributed by atoms with E-state index in [1.165, 1.54) is 17.4 Å². The zero-order valence-corrected chi connectivity index (χ0v) is 14.1. The number of halogens is 1. The molecule has 3 nitrogen and oxygen atoms in total. The molecule has 2 aromatic heterocycles.